The fourth-order valence-corrected chi connectivity index (χ4v) is 1.13. The van der Waals surface area contributed by atoms with Crippen LogP contribution >= 0.6 is 0 Å². The summed E-state index contributed by atoms with van der Waals surface area (Å²) in [6, 6.07) is 0. The minimum absolute atomic E-state index is 0.771. The van der Waals surface area contributed by atoms with Gasteiger partial charge in [0, 0.05) is 39.3 Å². The van der Waals surface area contributed by atoms with Gasteiger partial charge in [-0.3, -0.25) is 10.9 Å². The van der Waals surface area contributed by atoms with Gasteiger partial charge in [-0.2, -0.15) is 10.2 Å². The lowest BCUT2D eigenvalue weighted by molar-refractivity contribution is 0.498. The molecule has 0 fully saturated rings. The van der Waals surface area contributed by atoms with Crippen LogP contribution in [0.4, 0.5) is 0 Å². The Labute approximate surface area is 84.9 Å². The lowest BCUT2D eigenvalue weighted by atomic mass is 10.5. The lowest BCUT2D eigenvalue weighted by Gasteiger charge is -2.08. The van der Waals surface area contributed by atoms with Crippen molar-refractivity contribution in [3.8, 4) is 0 Å². The second-order valence-corrected chi connectivity index (χ2v) is 3.08. The maximum atomic E-state index is 4.05. The van der Waals surface area contributed by atoms with Crippen LogP contribution in [0.3, 0.4) is 0 Å². The number of hydrogen-bond acceptors (Lipinski definition) is 6. The van der Waals surface area contributed by atoms with Gasteiger partial charge < -0.3 is 10.6 Å². The Kier molecular flexibility index (Phi) is 7.41. The van der Waals surface area contributed by atoms with Gasteiger partial charge >= 0.3 is 0 Å². The number of nitrogens with one attached hydrogen (secondary N) is 4. The van der Waals surface area contributed by atoms with E-state index in [1.54, 1.807) is 0 Å². The summed E-state index contributed by atoms with van der Waals surface area (Å²) in [6.07, 6.45) is 0. The summed E-state index contributed by atoms with van der Waals surface area (Å²) in [6.45, 7) is 7.11. The zero-order valence-electron chi connectivity index (χ0n) is 8.55. The van der Waals surface area contributed by atoms with E-state index in [1.165, 1.54) is 0 Å². The fraction of sp³-hybridized carbons (Fsp3) is 1.00. The van der Waals surface area contributed by atoms with Crippen molar-refractivity contribution < 1.29 is 0 Å². The molecule has 0 radical (unpaired) electrons. The highest BCUT2D eigenvalue weighted by Gasteiger charge is 1.90. The van der Waals surface area contributed by atoms with Crippen molar-refractivity contribution in [3.05, 3.63) is 0 Å². The second kappa shape index (κ2) is 9.01. The van der Waals surface area contributed by atoms with Crippen LogP contribution in [0.25, 0.3) is 0 Å². The summed E-state index contributed by atoms with van der Waals surface area (Å²) >= 11 is 0. The molecule has 1 rings (SSSR count). The molecular formula is C8H20N6. The van der Waals surface area contributed by atoms with Crippen LogP contribution in [0.5, 0.6) is 0 Å². The standard InChI is InChI=1S/C8H20N6/c1-5-11-12-7-3-10-4-8-14-13-6-2-9-1/h9-12H,1-8H2. The number of nitrogens with zero attached hydrogens (tertiary/aromatic N) is 2. The molecule has 14 heavy (non-hydrogen) atoms. The molecule has 1 aliphatic rings. The van der Waals surface area contributed by atoms with Gasteiger partial charge in [-0.1, -0.05) is 0 Å². The molecule has 0 aromatic heterocycles. The van der Waals surface area contributed by atoms with Gasteiger partial charge in [-0.05, 0) is 0 Å². The molecule has 82 valence electrons. The Morgan fingerprint density at radius 3 is 1.57 bits per heavy atom. The van der Waals surface area contributed by atoms with Crippen molar-refractivity contribution in [3.63, 3.8) is 0 Å². The number of hydrazine groups is 1. The first kappa shape index (κ1) is 11.5. The second-order valence-electron chi connectivity index (χ2n) is 3.08. The topological polar surface area (TPSA) is 72.8 Å². The molecule has 0 bridgehead atoms. The van der Waals surface area contributed by atoms with Crippen LogP contribution in [-0.4, -0.2) is 52.4 Å². The third-order valence-corrected chi connectivity index (χ3v) is 1.86. The minimum atomic E-state index is 0.771. The molecule has 0 spiro atoms. The van der Waals surface area contributed by atoms with E-state index >= 15 is 0 Å². The highest BCUT2D eigenvalue weighted by atomic mass is 15.4. The summed E-state index contributed by atoms with van der Waals surface area (Å²) in [5, 5.41) is 14.6. The lowest BCUT2D eigenvalue weighted by Crippen LogP contribution is -2.41. The SMILES string of the molecule is C1CNCCNNCCNCCN=N1. The molecule has 1 aliphatic heterocycles. The first-order chi connectivity index (χ1) is 7.00. The van der Waals surface area contributed by atoms with Gasteiger partial charge in [-0.25, -0.2) is 0 Å². The number of hydrogen-bond donors (Lipinski definition) is 4. The molecule has 0 aromatic rings. The van der Waals surface area contributed by atoms with Crippen LogP contribution in [0.1, 0.15) is 0 Å². The van der Waals surface area contributed by atoms with Gasteiger partial charge in [0.2, 0.25) is 0 Å². The molecule has 6 heteroatoms. The Morgan fingerprint density at radius 2 is 1.07 bits per heavy atom. The predicted octanol–water partition coefficient (Wildman–Crippen LogP) is -1.27. The normalized spacial score (nSPS) is 22.9. The molecule has 0 saturated heterocycles. The Morgan fingerprint density at radius 1 is 0.571 bits per heavy atom. The highest BCUT2D eigenvalue weighted by Crippen LogP contribution is 1.75. The highest BCUT2D eigenvalue weighted by molar-refractivity contribution is 4.55. The zero-order valence-corrected chi connectivity index (χ0v) is 8.55. The molecule has 6 nitrogen and oxygen atoms in total. The van der Waals surface area contributed by atoms with E-state index in [0.29, 0.717) is 0 Å². The third kappa shape index (κ3) is 6.90. The van der Waals surface area contributed by atoms with Crippen LogP contribution < -0.4 is 21.5 Å². The average Bonchev–Trinajstić information content (AvgIpc) is 2.22. The molecule has 1 heterocycles. The van der Waals surface area contributed by atoms with Crippen molar-refractivity contribution in [1.82, 2.24) is 21.5 Å². The van der Waals surface area contributed by atoms with E-state index < -0.39 is 0 Å². The molecular weight excluding hydrogens is 180 g/mol. The van der Waals surface area contributed by atoms with E-state index in [2.05, 4.69) is 31.7 Å². The smallest absolute Gasteiger partial charge is 0.0723 e. The van der Waals surface area contributed by atoms with E-state index in [4.69, 9.17) is 0 Å². The van der Waals surface area contributed by atoms with E-state index in [0.717, 1.165) is 52.4 Å². The largest absolute Gasteiger partial charge is 0.314 e. The molecule has 0 unspecified atom stereocenters. The van der Waals surface area contributed by atoms with Crippen LogP contribution in [0, 0.1) is 0 Å². The maximum absolute atomic E-state index is 4.05. The molecule has 0 amide bonds. The van der Waals surface area contributed by atoms with Crippen molar-refractivity contribution >= 4 is 0 Å². The molecule has 4 N–H and O–H groups in total. The van der Waals surface area contributed by atoms with Crippen molar-refractivity contribution in [2.45, 2.75) is 0 Å². The van der Waals surface area contributed by atoms with Crippen molar-refractivity contribution in [2.75, 3.05) is 52.4 Å². The van der Waals surface area contributed by atoms with E-state index in [1.807, 2.05) is 0 Å². The van der Waals surface area contributed by atoms with Gasteiger partial charge in [0.1, 0.15) is 0 Å². The van der Waals surface area contributed by atoms with Gasteiger partial charge in [-0.15, -0.1) is 0 Å². The first-order valence-electron chi connectivity index (χ1n) is 5.20. The quantitative estimate of drug-likeness (QED) is 0.393. The first-order valence-corrected chi connectivity index (χ1v) is 5.20. The summed E-state index contributed by atoms with van der Waals surface area (Å²) in [5.74, 6) is 0. The monoisotopic (exact) mass is 200 g/mol. The van der Waals surface area contributed by atoms with Crippen molar-refractivity contribution in [2.24, 2.45) is 10.2 Å². The van der Waals surface area contributed by atoms with Gasteiger partial charge in [0.15, 0.2) is 0 Å². The van der Waals surface area contributed by atoms with Crippen molar-refractivity contribution in [1.29, 1.82) is 0 Å². The van der Waals surface area contributed by atoms with Crippen LogP contribution in [-0.2, 0) is 0 Å². The van der Waals surface area contributed by atoms with E-state index in [-0.39, 0.29) is 0 Å². The molecule has 0 aliphatic carbocycles. The Hall–Kier alpha value is -0.560. The minimum Gasteiger partial charge on any atom is -0.314 e. The Balaban J connectivity index is 2.09. The maximum Gasteiger partial charge on any atom is 0.0723 e. The summed E-state index contributed by atoms with van der Waals surface area (Å²) in [4.78, 5) is 0. The Bertz CT molecular complexity index is 133. The van der Waals surface area contributed by atoms with Crippen LogP contribution in [0.2, 0.25) is 0 Å². The summed E-state index contributed by atoms with van der Waals surface area (Å²) in [5.41, 5.74) is 6.27. The van der Waals surface area contributed by atoms with E-state index in [9.17, 15) is 0 Å². The fourth-order valence-electron chi connectivity index (χ4n) is 1.13. The summed E-state index contributed by atoms with van der Waals surface area (Å²) < 4.78 is 0. The van der Waals surface area contributed by atoms with Gasteiger partial charge in [0.05, 0.1) is 13.1 Å². The molecule has 0 saturated carbocycles. The van der Waals surface area contributed by atoms with Crippen LogP contribution in [0.15, 0.2) is 10.2 Å². The number of rotatable bonds is 0. The summed E-state index contributed by atoms with van der Waals surface area (Å²) in [7, 11) is 0. The predicted molar refractivity (Wildman–Crippen MR) is 56.3 cm³/mol. The zero-order chi connectivity index (χ0) is 9.90. The van der Waals surface area contributed by atoms with Gasteiger partial charge in [0.25, 0.3) is 0 Å². The molecule has 0 atom stereocenters. The number of azo groups is 1. The average molecular weight is 200 g/mol. The third-order valence-electron chi connectivity index (χ3n) is 1.86. The molecule has 0 aromatic carbocycles.